The summed E-state index contributed by atoms with van der Waals surface area (Å²) in [6, 6.07) is 0. The topological polar surface area (TPSA) is 37.3 Å². The average Bonchev–Trinajstić information content (AvgIpc) is 2.43. The van der Waals surface area contributed by atoms with Gasteiger partial charge in [0.1, 0.15) is 5.60 Å². The normalized spacial score (nSPS) is 41.5. The zero-order valence-corrected chi connectivity index (χ0v) is 8.34. The molecule has 0 aromatic carbocycles. The van der Waals surface area contributed by atoms with E-state index >= 15 is 0 Å². The van der Waals surface area contributed by atoms with Gasteiger partial charge in [-0.2, -0.15) is 0 Å². The lowest BCUT2D eigenvalue weighted by Gasteiger charge is -2.44. The minimum atomic E-state index is -1.12. The number of allylic oxidation sites excluding steroid dienone is 1. The summed E-state index contributed by atoms with van der Waals surface area (Å²) in [5.74, 6) is 2.57. The van der Waals surface area contributed by atoms with Gasteiger partial charge in [0.2, 0.25) is 0 Å². The van der Waals surface area contributed by atoms with Crippen LogP contribution >= 0.6 is 0 Å². The number of fused-ring (bicyclic) bond motifs is 1. The maximum atomic E-state index is 11.4. The van der Waals surface area contributed by atoms with E-state index in [0.717, 1.165) is 18.4 Å². The second kappa shape index (κ2) is 2.71. The van der Waals surface area contributed by atoms with E-state index in [4.69, 9.17) is 6.42 Å². The summed E-state index contributed by atoms with van der Waals surface area (Å²) in [7, 11) is 0. The largest absolute Gasteiger partial charge is 0.377 e. The zero-order chi connectivity index (χ0) is 10.4. The van der Waals surface area contributed by atoms with Crippen LogP contribution in [0, 0.1) is 17.8 Å². The number of carbonyl (C=O) groups excluding carboxylic acids is 1. The van der Waals surface area contributed by atoms with Crippen molar-refractivity contribution in [2.24, 2.45) is 5.41 Å². The van der Waals surface area contributed by atoms with E-state index in [9.17, 15) is 9.90 Å². The van der Waals surface area contributed by atoms with Crippen molar-refractivity contribution in [3.63, 3.8) is 0 Å². The maximum Gasteiger partial charge on any atom is 0.156 e. The van der Waals surface area contributed by atoms with E-state index < -0.39 is 11.0 Å². The molecule has 2 aliphatic carbocycles. The first kappa shape index (κ1) is 9.48. The standard InChI is InChI=1S/C12H14O2/c1-3-12(14)6-4-5-9-7-10(13)8-11(9,12)2/h1,7,14H,4-6,8H2,2H3/t11-,12-/m1/s1. The highest BCUT2D eigenvalue weighted by Gasteiger charge is 2.53. The van der Waals surface area contributed by atoms with Gasteiger partial charge in [0.25, 0.3) is 0 Å². The second-order valence-corrected chi connectivity index (χ2v) is 4.50. The Morgan fingerprint density at radius 3 is 3.00 bits per heavy atom. The molecule has 1 fully saturated rings. The molecular formula is C12H14O2. The predicted molar refractivity (Wildman–Crippen MR) is 53.4 cm³/mol. The minimum Gasteiger partial charge on any atom is -0.377 e. The Morgan fingerprint density at radius 2 is 2.36 bits per heavy atom. The summed E-state index contributed by atoms with van der Waals surface area (Å²) in [6.07, 6.45) is 9.79. The average molecular weight is 190 g/mol. The van der Waals surface area contributed by atoms with Crippen LogP contribution in [0.3, 0.4) is 0 Å². The monoisotopic (exact) mass is 190 g/mol. The van der Waals surface area contributed by atoms with E-state index in [1.165, 1.54) is 0 Å². The SMILES string of the molecule is C#C[C@@]1(O)CCCC2=CC(=O)C[C@]21C. The predicted octanol–water partition coefficient (Wildman–Crippen LogP) is 1.44. The second-order valence-electron chi connectivity index (χ2n) is 4.50. The number of hydrogen-bond donors (Lipinski definition) is 1. The highest BCUT2D eigenvalue weighted by Crippen LogP contribution is 2.52. The van der Waals surface area contributed by atoms with E-state index in [1.54, 1.807) is 6.08 Å². The molecule has 0 aromatic heterocycles. The summed E-state index contributed by atoms with van der Waals surface area (Å²) in [5, 5.41) is 10.3. The lowest BCUT2D eigenvalue weighted by atomic mass is 9.62. The molecule has 0 aromatic rings. The highest BCUT2D eigenvalue weighted by atomic mass is 16.3. The van der Waals surface area contributed by atoms with Crippen LogP contribution in [0.2, 0.25) is 0 Å². The molecule has 1 saturated carbocycles. The molecule has 0 saturated heterocycles. The number of hydrogen-bond acceptors (Lipinski definition) is 2. The third kappa shape index (κ3) is 0.994. The smallest absolute Gasteiger partial charge is 0.156 e. The molecule has 0 heterocycles. The summed E-state index contributed by atoms with van der Waals surface area (Å²) >= 11 is 0. The quantitative estimate of drug-likeness (QED) is 0.587. The van der Waals surface area contributed by atoms with Crippen LogP contribution in [0.1, 0.15) is 32.6 Å². The van der Waals surface area contributed by atoms with Gasteiger partial charge in [-0.15, -0.1) is 6.42 Å². The molecule has 0 bridgehead atoms. The fourth-order valence-electron chi connectivity index (χ4n) is 2.67. The van der Waals surface area contributed by atoms with E-state index in [2.05, 4.69) is 5.92 Å². The Kier molecular flexibility index (Phi) is 1.84. The molecule has 0 spiro atoms. The molecule has 2 aliphatic rings. The number of terminal acetylenes is 1. The molecule has 14 heavy (non-hydrogen) atoms. The van der Waals surface area contributed by atoms with Gasteiger partial charge in [0, 0.05) is 11.8 Å². The molecule has 0 radical (unpaired) electrons. The van der Waals surface area contributed by atoms with Crippen LogP contribution in [0.25, 0.3) is 0 Å². The molecule has 0 unspecified atom stereocenters. The summed E-state index contributed by atoms with van der Waals surface area (Å²) in [4.78, 5) is 11.4. The fourth-order valence-corrected chi connectivity index (χ4v) is 2.67. The van der Waals surface area contributed by atoms with Crippen molar-refractivity contribution in [3.05, 3.63) is 11.6 Å². The summed E-state index contributed by atoms with van der Waals surface area (Å²) in [5.41, 5.74) is -0.588. The third-order valence-corrected chi connectivity index (χ3v) is 3.71. The molecule has 1 N–H and O–H groups in total. The number of rotatable bonds is 0. The Morgan fingerprint density at radius 1 is 1.64 bits per heavy atom. The van der Waals surface area contributed by atoms with Crippen LogP contribution < -0.4 is 0 Å². The van der Waals surface area contributed by atoms with Gasteiger partial charge < -0.3 is 5.11 Å². The highest BCUT2D eigenvalue weighted by molar-refractivity contribution is 5.94. The van der Waals surface area contributed by atoms with E-state index in [1.807, 2.05) is 6.92 Å². The molecule has 0 amide bonds. The summed E-state index contributed by atoms with van der Waals surface area (Å²) < 4.78 is 0. The minimum absolute atomic E-state index is 0.0954. The van der Waals surface area contributed by atoms with Crippen LogP contribution in [0.4, 0.5) is 0 Å². The van der Waals surface area contributed by atoms with Crippen molar-refractivity contribution in [2.75, 3.05) is 0 Å². The number of ketones is 1. The molecule has 0 aliphatic heterocycles. The molecule has 2 heteroatoms. The molecular weight excluding hydrogens is 176 g/mol. The van der Waals surface area contributed by atoms with Crippen molar-refractivity contribution >= 4 is 5.78 Å². The maximum absolute atomic E-state index is 11.4. The van der Waals surface area contributed by atoms with Gasteiger partial charge in [-0.05, 0) is 25.3 Å². The summed E-state index contributed by atoms with van der Waals surface area (Å²) in [6.45, 7) is 1.91. The van der Waals surface area contributed by atoms with Gasteiger partial charge >= 0.3 is 0 Å². The first-order chi connectivity index (χ1) is 6.52. The van der Waals surface area contributed by atoms with E-state index in [0.29, 0.717) is 12.8 Å². The van der Waals surface area contributed by atoms with Gasteiger partial charge in [0.15, 0.2) is 5.78 Å². The molecule has 74 valence electrons. The van der Waals surface area contributed by atoms with Crippen LogP contribution in [0.5, 0.6) is 0 Å². The Hall–Kier alpha value is -1.07. The molecule has 2 rings (SSSR count). The number of carbonyl (C=O) groups is 1. The van der Waals surface area contributed by atoms with Gasteiger partial charge in [-0.3, -0.25) is 4.79 Å². The third-order valence-electron chi connectivity index (χ3n) is 3.71. The van der Waals surface area contributed by atoms with Crippen LogP contribution in [0.15, 0.2) is 11.6 Å². The first-order valence-corrected chi connectivity index (χ1v) is 4.96. The van der Waals surface area contributed by atoms with Crippen molar-refractivity contribution in [3.8, 4) is 12.3 Å². The lowest BCUT2D eigenvalue weighted by Crippen LogP contribution is -2.48. The molecule has 2 atom stereocenters. The number of aliphatic hydroxyl groups is 1. The Bertz CT molecular complexity index is 361. The van der Waals surface area contributed by atoms with Gasteiger partial charge in [-0.1, -0.05) is 18.4 Å². The van der Waals surface area contributed by atoms with E-state index in [-0.39, 0.29) is 5.78 Å². The van der Waals surface area contributed by atoms with Crippen LogP contribution in [-0.2, 0) is 4.79 Å². The van der Waals surface area contributed by atoms with Crippen molar-refractivity contribution in [1.29, 1.82) is 0 Å². The molecule has 2 nitrogen and oxygen atoms in total. The Labute approximate surface area is 84.0 Å². The Balaban J connectivity index is 2.48. The van der Waals surface area contributed by atoms with Crippen LogP contribution in [-0.4, -0.2) is 16.5 Å². The van der Waals surface area contributed by atoms with Gasteiger partial charge in [-0.25, -0.2) is 0 Å². The van der Waals surface area contributed by atoms with Crippen molar-refractivity contribution in [1.82, 2.24) is 0 Å². The fraction of sp³-hybridized carbons (Fsp3) is 0.583. The van der Waals surface area contributed by atoms with Crippen molar-refractivity contribution < 1.29 is 9.90 Å². The van der Waals surface area contributed by atoms with Gasteiger partial charge in [0.05, 0.1) is 0 Å². The first-order valence-electron chi connectivity index (χ1n) is 4.96. The lowest BCUT2D eigenvalue weighted by molar-refractivity contribution is -0.118. The van der Waals surface area contributed by atoms with Crippen molar-refractivity contribution in [2.45, 2.75) is 38.2 Å². The zero-order valence-electron chi connectivity index (χ0n) is 8.34.